The van der Waals surface area contributed by atoms with Crippen molar-refractivity contribution in [3.05, 3.63) is 27.2 Å². The van der Waals surface area contributed by atoms with Crippen LogP contribution in [-0.4, -0.2) is 30.4 Å². The van der Waals surface area contributed by atoms with E-state index in [-0.39, 0.29) is 12.5 Å². The Morgan fingerprint density at radius 3 is 2.25 bits per heavy atom. The maximum absolute atomic E-state index is 12.1. The van der Waals surface area contributed by atoms with Crippen molar-refractivity contribution in [2.75, 3.05) is 25.0 Å². The van der Waals surface area contributed by atoms with Gasteiger partial charge in [0.05, 0.1) is 27.3 Å². The molecule has 20 heavy (non-hydrogen) atoms. The number of halogens is 3. The number of carbonyl (C=O) groups is 1. The highest BCUT2D eigenvalue weighted by molar-refractivity contribution is 6.44. The van der Waals surface area contributed by atoms with E-state index in [1.165, 1.54) is 12.8 Å². The molecule has 0 bridgehead atoms. The number of hydrogen-bond donors (Lipinski definition) is 1. The van der Waals surface area contributed by atoms with Crippen LogP contribution in [0.15, 0.2) is 12.1 Å². The van der Waals surface area contributed by atoms with Crippen LogP contribution in [0.3, 0.4) is 0 Å². The molecule has 0 saturated carbocycles. The van der Waals surface area contributed by atoms with Crippen LogP contribution in [0.4, 0.5) is 5.69 Å². The number of carbonyl (C=O) groups excluding carboxylic acids is 1. The van der Waals surface area contributed by atoms with Crippen molar-refractivity contribution in [1.29, 1.82) is 0 Å². The fraction of sp³-hybridized carbons (Fsp3) is 0.500. The molecule has 1 fully saturated rings. The van der Waals surface area contributed by atoms with E-state index in [1.54, 1.807) is 12.1 Å². The van der Waals surface area contributed by atoms with Crippen molar-refractivity contribution in [3.8, 4) is 0 Å². The van der Waals surface area contributed by atoms with Gasteiger partial charge in [0.2, 0.25) is 5.91 Å². The minimum absolute atomic E-state index is 0.0917. The minimum atomic E-state index is 0.0917. The normalized spacial score (nSPS) is 15.8. The summed E-state index contributed by atoms with van der Waals surface area (Å²) in [6.07, 6.45) is 4.57. The highest BCUT2D eigenvalue weighted by Crippen LogP contribution is 2.32. The highest BCUT2D eigenvalue weighted by Gasteiger charge is 2.15. The first-order valence-electron chi connectivity index (χ1n) is 6.74. The second-order valence-electron chi connectivity index (χ2n) is 4.89. The van der Waals surface area contributed by atoms with Gasteiger partial charge in [0.1, 0.15) is 0 Å². The van der Waals surface area contributed by atoms with Gasteiger partial charge in [-0.15, -0.1) is 0 Å². The molecular weight excluding hydrogens is 319 g/mol. The number of anilines is 1. The van der Waals surface area contributed by atoms with E-state index in [9.17, 15) is 4.79 Å². The fourth-order valence-corrected chi connectivity index (χ4v) is 2.87. The molecular formula is C14H17Cl3N2O. The SMILES string of the molecule is O=C(CNc1cc(Cl)c(Cl)cc1Cl)N1CCCCCC1. The topological polar surface area (TPSA) is 32.3 Å². The van der Waals surface area contributed by atoms with Crippen LogP contribution in [0.2, 0.25) is 15.1 Å². The quantitative estimate of drug-likeness (QED) is 0.827. The summed E-state index contributed by atoms with van der Waals surface area (Å²) in [5, 5.41) is 4.31. The molecule has 0 radical (unpaired) electrons. The number of nitrogens with zero attached hydrogens (tertiary/aromatic N) is 1. The Morgan fingerprint density at radius 2 is 1.60 bits per heavy atom. The molecule has 1 amide bonds. The lowest BCUT2D eigenvalue weighted by molar-refractivity contribution is -0.129. The molecule has 0 aliphatic carbocycles. The average molecular weight is 336 g/mol. The third-order valence-corrected chi connectivity index (χ3v) is 4.43. The lowest BCUT2D eigenvalue weighted by Crippen LogP contribution is -2.36. The van der Waals surface area contributed by atoms with Crippen molar-refractivity contribution < 1.29 is 4.79 Å². The molecule has 3 nitrogen and oxygen atoms in total. The Bertz CT molecular complexity index is 486. The smallest absolute Gasteiger partial charge is 0.241 e. The number of likely N-dealkylation sites (tertiary alicyclic amines) is 1. The average Bonchev–Trinajstić information content (AvgIpc) is 2.70. The second-order valence-corrected chi connectivity index (χ2v) is 6.12. The van der Waals surface area contributed by atoms with E-state index < -0.39 is 0 Å². The number of nitrogens with one attached hydrogen (secondary N) is 1. The second kappa shape index (κ2) is 7.39. The molecule has 0 aromatic heterocycles. The molecule has 0 spiro atoms. The Morgan fingerprint density at radius 1 is 1.00 bits per heavy atom. The first-order chi connectivity index (χ1) is 9.58. The molecule has 1 heterocycles. The van der Waals surface area contributed by atoms with Crippen LogP contribution in [0, 0.1) is 0 Å². The summed E-state index contributed by atoms with van der Waals surface area (Å²) in [6.45, 7) is 1.91. The molecule has 6 heteroatoms. The molecule has 0 unspecified atom stereocenters. The maximum Gasteiger partial charge on any atom is 0.241 e. The monoisotopic (exact) mass is 334 g/mol. The molecule has 1 N–H and O–H groups in total. The summed E-state index contributed by atoms with van der Waals surface area (Å²) in [6, 6.07) is 3.21. The van der Waals surface area contributed by atoms with Crippen LogP contribution >= 0.6 is 34.8 Å². The van der Waals surface area contributed by atoms with Crippen molar-refractivity contribution in [1.82, 2.24) is 4.90 Å². The van der Waals surface area contributed by atoms with E-state index in [2.05, 4.69) is 5.32 Å². The van der Waals surface area contributed by atoms with Gasteiger partial charge in [0.25, 0.3) is 0 Å². The summed E-state index contributed by atoms with van der Waals surface area (Å²) in [5.41, 5.74) is 0.629. The van der Waals surface area contributed by atoms with Gasteiger partial charge in [-0.1, -0.05) is 47.6 Å². The van der Waals surface area contributed by atoms with Gasteiger partial charge in [0, 0.05) is 13.1 Å². The van der Waals surface area contributed by atoms with E-state index in [0.29, 0.717) is 20.8 Å². The third-order valence-electron chi connectivity index (χ3n) is 3.40. The van der Waals surface area contributed by atoms with E-state index in [0.717, 1.165) is 25.9 Å². The largest absolute Gasteiger partial charge is 0.375 e. The zero-order valence-electron chi connectivity index (χ0n) is 11.1. The van der Waals surface area contributed by atoms with E-state index in [4.69, 9.17) is 34.8 Å². The van der Waals surface area contributed by atoms with E-state index in [1.807, 2.05) is 4.90 Å². The van der Waals surface area contributed by atoms with Crippen LogP contribution in [0.5, 0.6) is 0 Å². The standard InChI is InChI=1S/C14H17Cl3N2O/c15-10-7-12(17)13(8-11(10)16)18-9-14(20)19-5-3-1-2-4-6-19/h7-8,18H,1-6,9H2. The van der Waals surface area contributed by atoms with Gasteiger partial charge in [-0.05, 0) is 25.0 Å². The Hall–Kier alpha value is -0.640. The number of hydrogen-bond acceptors (Lipinski definition) is 2. The summed E-state index contributed by atoms with van der Waals surface area (Å²) >= 11 is 17.9. The molecule has 1 aromatic carbocycles. The maximum atomic E-state index is 12.1. The highest BCUT2D eigenvalue weighted by atomic mass is 35.5. The molecule has 2 rings (SSSR count). The first kappa shape index (κ1) is 15.7. The van der Waals surface area contributed by atoms with Gasteiger partial charge in [-0.2, -0.15) is 0 Å². The minimum Gasteiger partial charge on any atom is -0.375 e. The predicted octanol–water partition coefficient (Wildman–Crippen LogP) is 4.46. The molecule has 1 aromatic rings. The zero-order valence-corrected chi connectivity index (χ0v) is 13.4. The van der Waals surface area contributed by atoms with Gasteiger partial charge in [-0.25, -0.2) is 0 Å². The van der Waals surface area contributed by atoms with Crippen LogP contribution in [0.25, 0.3) is 0 Å². The third kappa shape index (κ3) is 4.18. The zero-order chi connectivity index (χ0) is 14.5. The molecule has 110 valence electrons. The Kier molecular flexibility index (Phi) is 5.82. The lowest BCUT2D eigenvalue weighted by Gasteiger charge is -2.21. The van der Waals surface area contributed by atoms with Gasteiger partial charge >= 0.3 is 0 Å². The number of rotatable bonds is 3. The van der Waals surface area contributed by atoms with Crippen molar-refractivity contribution in [3.63, 3.8) is 0 Å². The van der Waals surface area contributed by atoms with Crippen molar-refractivity contribution >= 4 is 46.4 Å². The Balaban J connectivity index is 1.94. The van der Waals surface area contributed by atoms with Gasteiger partial charge in [0.15, 0.2) is 0 Å². The van der Waals surface area contributed by atoms with Crippen LogP contribution in [-0.2, 0) is 4.79 Å². The van der Waals surface area contributed by atoms with Crippen molar-refractivity contribution in [2.24, 2.45) is 0 Å². The summed E-state index contributed by atoms with van der Waals surface area (Å²) in [7, 11) is 0. The van der Waals surface area contributed by atoms with E-state index >= 15 is 0 Å². The fourth-order valence-electron chi connectivity index (χ4n) is 2.26. The number of benzene rings is 1. The predicted molar refractivity (Wildman–Crippen MR) is 85.0 cm³/mol. The van der Waals surface area contributed by atoms with Gasteiger partial charge < -0.3 is 10.2 Å². The van der Waals surface area contributed by atoms with Crippen molar-refractivity contribution in [2.45, 2.75) is 25.7 Å². The van der Waals surface area contributed by atoms with Crippen LogP contribution in [0.1, 0.15) is 25.7 Å². The molecule has 1 aliphatic heterocycles. The summed E-state index contributed by atoms with van der Waals surface area (Å²) in [5.74, 6) is 0.0917. The molecule has 1 aliphatic rings. The lowest BCUT2D eigenvalue weighted by atomic mass is 10.2. The van der Waals surface area contributed by atoms with Gasteiger partial charge in [-0.3, -0.25) is 4.79 Å². The number of amides is 1. The van der Waals surface area contributed by atoms with Crippen LogP contribution < -0.4 is 5.32 Å². The molecule has 0 atom stereocenters. The Labute approximate surface area is 134 Å². The first-order valence-corrected chi connectivity index (χ1v) is 7.87. The summed E-state index contributed by atoms with van der Waals surface area (Å²) < 4.78 is 0. The molecule has 1 saturated heterocycles. The summed E-state index contributed by atoms with van der Waals surface area (Å²) in [4.78, 5) is 14.1.